The van der Waals surface area contributed by atoms with Gasteiger partial charge in [0.2, 0.25) is 11.8 Å². The van der Waals surface area contributed by atoms with E-state index in [0.717, 1.165) is 37.8 Å². The van der Waals surface area contributed by atoms with Crippen LogP contribution in [-0.2, 0) is 15.8 Å². The molecule has 1 saturated carbocycles. The molecule has 1 aliphatic heterocycles. The number of alkyl halides is 3. The molecule has 4 rings (SSSR count). The summed E-state index contributed by atoms with van der Waals surface area (Å²) in [5.74, 6) is -1.48. The number of nitrogens with zero attached hydrogens (tertiary/aromatic N) is 1. The van der Waals surface area contributed by atoms with Crippen LogP contribution in [0.5, 0.6) is 0 Å². The van der Waals surface area contributed by atoms with Crippen molar-refractivity contribution in [3.63, 3.8) is 0 Å². The van der Waals surface area contributed by atoms with Crippen LogP contribution in [0.2, 0.25) is 0 Å². The maximum absolute atomic E-state index is 13.7. The van der Waals surface area contributed by atoms with Crippen LogP contribution in [0, 0.1) is 11.8 Å². The summed E-state index contributed by atoms with van der Waals surface area (Å²) in [7, 11) is 0. The van der Waals surface area contributed by atoms with Gasteiger partial charge in [0.1, 0.15) is 6.26 Å². The van der Waals surface area contributed by atoms with E-state index in [-0.39, 0.29) is 36.2 Å². The molecule has 182 valence electrons. The molecule has 1 unspecified atom stereocenters. The molecule has 2 fully saturated rings. The van der Waals surface area contributed by atoms with Crippen LogP contribution in [0.1, 0.15) is 54.9 Å². The normalized spacial score (nSPS) is 23.1. The Morgan fingerprint density at radius 3 is 2.47 bits per heavy atom. The van der Waals surface area contributed by atoms with Crippen molar-refractivity contribution in [1.29, 1.82) is 0 Å². The minimum atomic E-state index is -4.77. The number of amides is 3. The van der Waals surface area contributed by atoms with Crippen molar-refractivity contribution in [3.05, 3.63) is 47.9 Å². The van der Waals surface area contributed by atoms with Gasteiger partial charge in [-0.15, -0.1) is 0 Å². The summed E-state index contributed by atoms with van der Waals surface area (Å²) < 4.78 is 46.0. The Bertz CT molecular complexity index is 1060. The molecule has 0 radical (unpaired) electrons. The highest BCUT2D eigenvalue weighted by Gasteiger charge is 2.40. The topological polar surface area (TPSA) is 91.7 Å². The maximum atomic E-state index is 13.7. The molecular weight excluding hydrogens is 451 g/mol. The summed E-state index contributed by atoms with van der Waals surface area (Å²) >= 11 is 0. The Morgan fingerprint density at radius 1 is 1.09 bits per heavy atom. The number of hydrogen-bond donors (Lipinski definition) is 2. The van der Waals surface area contributed by atoms with Gasteiger partial charge in [-0.2, -0.15) is 13.2 Å². The zero-order chi connectivity index (χ0) is 24.5. The molecule has 1 aromatic heterocycles. The lowest BCUT2D eigenvalue weighted by atomic mass is 9.87. The minimum absolute atomic E-state index is 0.0158. The van der Waals surface area contributed by atoms with E-state index in [1.54, 1.807) is 4.90 Å². The van der Waals surface area contributed by atoms with E-state index < -0.39 is 35.2 Å². The monoisotopic (exact) mass is 477 g/mol. The molecule has 2 N–H and O–H groups in total. The Labute approximate surface area is 194 Å². The van der Waals surface area contributed by atoms with E-state index in [1.807, 2.05) is 0 Å². The Kier molecular flexibility index (Phi) is 6.67. The van der Waals surface area contributed by atoms with E-state index >= 15 is 0 Å². The van der Waals surface area contributed by atoms with Gasteiger partial charge in [-0.25, -0.2) is 0 Å². The number of hydrogen-bond acceptors (Lipinski definition) is 4. The van der Waals surface area contributed by atoms with Crippen LogP contribution in [-0.4, -0.2) is 35.2 Å². The Morgan fingerprint density at radius 2 is 1.82 bits per heavy atom. The lowest BCUT2D eigenvalue weighted by Gasteiger charge is -2.33. The zero-order valence-electron chi connectivity index (χ0n) is 18.7. The van der Waals surface area contributed by atoms with Gasteiger partial charge in [-0.1, -0.05) is 6.92 Å². The van der Waals surface area contributed by atoms with Crippen molar-refractivity contribution in [3.8, 4) is 0 Å². The Hall–Kier alpha value is -3.30. The van der Waals surface area contributed by atoms with Crippen LogP contribution in [0.4, 0.5) is 24.5 Å². The lowest BCUT2D eigenvalue weighted by Crippen LogP contribution is -2.39. The quantitative estimate of drug-likeness (QED) is 0.640. The molecule has 2 aromatic rings. The number of halogens is 3. The van der Waals surface area contributed by atoms with Crippen LogP contribution >= 0.6 is 0 Å². The van der Waals surface area contributed by atoms with E-state index in [2.05, 4.69) is 17.6 Å². The number of anilines is 2. The molecule has 34 heavy (non-hydrogen) atoms. The van der Waals surface area contributed by atoms with E-state index in [9.17, 15) is 27.6 Å². The predicted molar refractivity (Wildman–Crippen MR) is 118 cm³/mol. The first-order chi connectivity index (χ1) is 16.1. The third-order valence-electron chi connectivity index (χ3n) is 6.58. The molecule has 10 heteroatoms. The molecule has 7 nitrogen and oxygen atoms in total. The fraction of sp³-hybridized carbons (Fsp3) is 0.458. The number of furan rings is 1. The molecule has 1 atom stereocenters. The maximum Gasteiger partial charge on any atom is 0.418 e. The van der Waals surface area contributed by atoms with Crippen molar-refractivity contribution in [2.24, 2.45) is 11.8 Å². The number of likely N-dealkylation sites (tertiary alicyclic amines) is 1. The average molecular weight is 477 g/mol. The SMILES string of the molecule is CC1CCC(N2CC(C(=O)Nc3ccc(NC(=O)c4ccoc4)cc3C(F)(F)F)CC2=O)CC1. The number of benzene rings is 1. The molecule has 2 heterocycles. The smallest absolute Gasteiger partial charge is 0.418 e. The number of carbonyl (C=O) groups excluding carboxylic acids is 3. The van der Waals surface area contributed by atoms with Crippen LogP contribution in [0.15, 0.2) is 41.2 Å². The lowest BCUT2D eigenvalue weighted by molar-refractivity contribution is -0.137. The van der Waals surface area contributed by atoms with Gasteiger partial charge in [0.15, 0.2) is 0 Å². The number of nitrogens with one attached hydrogen (secondary N) is 2. The zero-order valence-corrected chi connectivity index (χ0v) is 18.7. The van der Waals surface area contributed by atoms with Crippen molar-refractivity contribution < 1.29 is 32.0 Å². The first-order valence-electron chi connectivity index (χ1n) is 11.3. The van der Waals surface area contributed by atoms with E-state index in [0.29, 0.717) is 5.92 Å². The van der Waals surface area contributed by atoms with Gasteiger partial charge in [0, 0.05) is 24.7 Å². The fourth-order valence-electron chi connectivity index (χ4n) is 4.61. The molecule has 1 aliphatic carbocycles. The van der Waals surface area contributed by atoms with Crippen LogP contribution < -0.4 is 10.6 Å². The second-order valence-electron chi connectivity index (χ2n) is 9.07. The summed E-state index contributed by atoms with van der Waals surface area (Å²) in [6.07, 6.45) is 1.46. The van der Waals surface area contributed by atoms with Gasteiger partial charge < -0.3 is 20.0 Å². The minimum Gasteiger partial charge on any atom is -0.472 e. The largest absolute Gasteiger partial charge is 0.472 e. The number of carbonyl (C=O) groups is 3. The third-order valence-corrected chi connectivity index (χ3v) is 6.58. The van der Waals surface area contributed by atoms with Crippen molar-refractivity contribution in [2.45, 2.75) is 51.2 Å². The van der Waals surface area contributed by atoms with Gasteiger partial charge in [0.05, 0.1) is 29.0 Å². The van der Waals surface area contributed by atoms with Crippen molar-refractivity contribution in [1.82, 2.24) is 4.90 Å². The highest BCUT2D eigenvalue weighted by Crippen LogP contribution is 2.37. The molecule has 2 aliphatic rings. The highest BCUT2D eigenvalue weighted by atomic mass is 19.4. The summed E-state index contributed by atoms with van der Waals surface area (Å²) in [4.78, 5) is 39.2. The van der Waals surface area contributed by atoms with Gasteiger partial charge >= 0.3 is 6.18 Å². The second kappa shape index (κ2) is 9.52. The van der Waals surface area contributed by atoms with Crippen molar-refractivity contribution >= 4 is 29.1 Å². The molecule has 1 aromatic carbocycles. The van der Waals surface area contributed by atoms with Gasteiger partial charge in [-0.3, -0.25) is 14.4 Å². The van der Waals surface area contributed by atoms with Gasteiger partial charge in [-0.05, 0) is 55.9 Å². The predicted octanol–water partition coefficient (Wildman–Crippen LogP) is 4.92. The summed E-state index contributed by atoms with van der Waals surface area (Å²) in [6.45, 7) is 2.38. The molecule has 0 spiro atoms. The first-order valence-corrected chi connectivity index (χ1v) is 11.3. The first kappa shape index (κ1) is 23.8. The second-order valence-corrected chi connectivity index (χ2v) is 9.07. The van der Waals surface area contributed by atoms with E-state index in [4.69, 9.17) is 4.42 Å². The number of rotatable bonds is 5. The van der Waals surface area contributed by atoms with E-state index in [1.165, 1.54) is 24.7 Å². The average Bonchev–Trinajstić information content (AvgIpc) is 3.45. The molecule has 3 amide bonds. The highest BCUT2D eigenvalue weighted by molar-refractivity contribution is 6.04. The van der Waals surface area contributed by atoms with Crippen LogP contribution in [0.3, 0.4) is 0 Å². The summed E-state index contributed by atoms with van der Waals surface area (Å²) in [6, 6.07) is 4.61. The standard InChI is InChI=1S/C24H26F3N3O4/c1-14-2-5-18(6-3-14)30-12-16(10-21(30)31)23(33)29-20-7-4-17(11-19(20)24(25,26)27)28-22(32)15-8-9-34-13-15/h4,7-9,11,13-14,16,18H,2-3,5-6,10,12H2,1H3,(H,28,32)(H,29,33). The third kappa shape index (κ3) is 5.26. The fourth-order valence-corrected chi connectivity index (χ4v) is 4.61. The van der Waals surface area contributed by atoms with Crippen molar-refractivity contribution in [2.75, 3.05) is 17.2 Å². The van der Waals surface area contributed by atoms with Crippen LogP contribution in [0.25, 0.3) is 0 Å². The summed E-state index contributed by atoms with van der Waals surface area (Å²) in [5.41, 5.74) is -1.43. The molecular formula is C24H26F3N3O4. The molecule has 0 bridgehead atoms. The van der Waals surface area contributed by atoms with Gasteiger partial charge in [0.25, 0.3) is 5.91 Å². The summed E-state index contributed by atoms with van der Waals surface area (Å²) in [5, 5.41) is 4.73. The molecule has 1 saturated heterocycles. The Balaban J connectivity index is 1.45.